The van der Waals surface area contributed by atoms with Crippen molar-refractivity contribution in [1.29, 1.82) is 5.26 Å². The second-order valence-corrected chi connectivity index (χ2v) is 6.63. The van der Waals surface area contributed by atoms with E-state index in [-0.39, 0.29) is 11.4 Å². The summed E-state index contributed by atoms with van der Waals surface area (Å²) in [4.78, 5) is 15.0. The number of pyridine rings is 1. The van der Waals surface area contributed by atoms with Gasteiger partial charge in [-0.1, -0.05) is 38.1 Å². The summed E-state index contributed by atoms with van der Waals surface area (Å²) in [6, 6.07) is 16.4. The number of aryl methyl sites for hydroxylation is 1. The first-order valence-corrected chi connectivity index (χ1v) is 8.83. The highest BCUT2D eigenvalue weighted by Crippen LogP contribution is 2.33. The molecule has 0 amide bonds. The summed E-state index contributed by atoms with van der Waals surface area (Å²) in [6.45, 7) is 3.90. The zero-order chi connectivity index (χ0) is 18.7. The summed E-state index contributed by atoms with van der Waals surface area (Å²) < 4.78 is 13.6. The number of rotatable bonds is 5. The predicted molar refractivity (Wildman–Crippen MR) is 102 cm³/mol. The highest BCUT2D eigenvalue weighted by Gasteiger charge is 2.31. The zero-order valence-electron chi connectivity index (χ0n) is 15.0. The number of fused-ring (bicyclic) bond motifs is 1. The molecule has 0 saturated heterocycles. The SMILES string of the molecule is CCc1cc2ccc(C(C#N)(CC)Cc3cccc(F)c3)cc2[nH]c1=O. The maximum Gasteiger partial charge on any atom is 0.251 e. The van der Waals surface area contributed by atoms with Gasteiger partial charge in [0.2, 0.25) is 0 Å². The summed E-state index contributed by atoms with van der Waals surface area (Å²) in [5.74, 6) is -0.305. The van der Waals surface area contributed by atoms with E-state index in [9.17, 15) is 14.4 Å². The van der Waals surface area contributed by atoms with Crippen molar-refractivity contribution < 1.29 is 4.39 Å². The number of nitrogens with one attached hydrogen (secondary N) is 1. The first kappa shape index (κ1) is 17.9. The Hall–Kier alpha value is -2.93. The van der Waals surface area contributed by atoms with Crippen molar-refractivity contribution in [3.63, 3.8) is 0 Å². The lowest BCUT2D eigenvalue weighted by Crippen LogP contribution is -2.26. The minimum atomic E-state index is -0.775. The van der Waals surface area contributed by atoms with Gasteiger partial charge in [-0.05, 0) is 60.0 Å². The van der Waals surface area contributed by atoms with Crippen LogP contribution in [0, 0.1) is 17.1 Å². The molecule has 1 unspecified atom stereocenters. The van der Waals surface area contributed by atoms with Crippen LogP contribution in [0.1, 0.15) is 37.0 Å². The van der Waals surface area contributed by atoms with E-state index < -0.39 is 5.41 Å². The molecule has 3 rings (SSSR count). The maximum absolute atomic E-state index is 13.6. The average molecular weight is 348 g/mol. The van der Waals surface area contributed by atoms with Gasteiger partial charge in [-0.25, -0.2) is 4.39 Å². The maximum atomic E-state index is 13.6. The van der Waals surface area contributed by atoms with Crippen molar-refractivity contribution in [2.75, 3.05) is 0 Å². The number of hydrogen-bond acceptors (Lipinski definition) is 2. The lowest BCUT2D eigenvalue weighted by atomic mass is 9.74. The Morgan fingerprint density at radius 3 is 2.62 bits per heavy atom. The summed E-state index contributed by atoms with van der Waals surface area (Å²) in [6.07, 6.45) is 1.67. The van der Waals surface area contributed by atoms with Gasteiger partial charge in [0.1, 0.15) is 5.82 Å². The molecule has 0 aliphatic carbocycles. The fourth-order valence-corrected chi connectivity index (χ4v) is 3.42. The van der Waals surface area contributed by atoms with Crippen LogP contribution in [0.25, 0.3) is 10.9 Å². The van der Waals surface area contributed by atoms with Gasteiger partial charge in [0.05, 0.1) is 11.5 Å². The molecule has 0 saturated carbocycles. The lowest BCUT2D eigenvalue weighted by Gasteiger charge is -2.26. The number of nitrogens with zero attached hydrogens (tertiary/aromatic N) is 1. The van der Waals surface area contributed by atoms with E-state index in [0.717, 1.165) is 27.6 Å². The van der Waals surface area contributed by atoms with E-state index in [1.165, 1.54) is 12.1 Å². The Morgan fingerprint density at radius 2 is 1.96 bits per heavy atom. The van der Waals surface area contributed by atoms with Crippen molar-refractivity contribution >= 4 is 10.9 Å². The summed E-state index contributed by atoms with van der Waals surface area (Å²) in [7, 11) is 0. The fourth-order valence-electron chi connectivity index (χ4n) is 3.42. The van der Waals surface area contributed by atoms with Gasteiger partial charge in [-0.3, -0.25) is 4.79 Å². The smallest absolute Gasteiger partial charge is 0.251 e. The third-order valence-electron chi connectivity index (χ3n) is 5.07. The third kappa shape index (κ3) is 3.25. The quantitative estimate of drug-likeness (QED) is 0.730. The molecule has 1 atom stereocenters. The molecule has 26 heavy (non-hydrogen) atoms. The van der Waals surface area contributed by atoms with Crippen molar-refractivity contribution in [3.8, 4) is 6.07 Å². The molecule has 1 N–H and O–H groups in total. The molecule has 1 aromatic heterocycles. The standard InChI is InChI=1S/C22H21FN2O/c1-3-16-11-17-8-9-18(12-20(17)25-21(16)26)22(4-2,14-24)13-15-6-5-7-19(23)10-15/h5-12H,3-4,13H2,1-2H3,(H,25,26). The van der Waals surface area contributed by atoms with Gasteiger partial charge < -0.3 is 4.98 Å². The van der Waals surface area contributed by atoms with E-state index >= 15 is 0 Å². The summed E-state index contributed by atoms with van der Waals surface area (Å²) in [5.41, 5.74) is 2.20. The second-order valence-electron chi connectivity index (χ2n) is 6.63. The van der Waals surface area contributed by atoms with Crippen LogP contribution < -0.4 is 5.56 Å². The monoisotopic (exact) mass is 348 g/mol. The molecule has 3 aromatic rings. The topological polar surface area (TPSA) is 56.6 Å². The number of halogens is 1. The predicted octanol–water partition coefficient (Wildman–Crippen LogP) is 4.64. The Morgan fingerprint density at radius 1 is 1.15 bits per heavy atom. The van der Waals surface area contributed by atoms with Crippen LogP contribution in [0.3, 0.4) is 0 Å². The molecule has 0 spiro atoms. The fraction of sp³-hybridized carbons (Fsp3) is 0.273. The van der Waals surface area contributed by atoms with Crippen molar-refractivity contribution in [2.45, 2.75) is 38.5 Å². The van der Waals surface area contributed by atoms with Gasteiger partial charge in [0.25, 0.3) is 5.56 Å². The Kier molecular flexibility index (Phi) is 4.90. The van der Waals surface area contributed by atoms with E-state index in [4.69, 9.17) is 0 Å². The molecule has 4 heteroatoms. The number of hydrogen-bond donors (Lipinski definition) is 1. The molecule has 3 nitrogen and oxygen atoms in total. The zero-order valence-corrected chi connectivity index (χ0v) is 15.0. The molecular weight excluding hydrogens is 327 g/mol. The lowest BCUT2D eigenvalue weighted by molar-refractivity contribution is 0.523. The van der Waals surface area contributed by atoms with Crippen LogP contribution in [0.15, 0.2) is 53.3 Å². The van der Waals surface area contributed by atoms with E-state index in [2.05, 4.69) is 11.1 Å². The van der Waals surface area contributed by atoms with Gasteiger partial charge in [0.15, 0.2) is 0 Å². The molecule has 0 radical (unpaired) electrons. The molecule has 1 heterocycles. The Labute approximate surface area is 152 Å². The van der Waals surface area contributed by atoms with Crippen LogP contribution >= 0.6 is 0 Å². The van der Waals surface area contributed by atoms with Crippen molar-refractivity contribution in [2.24, 2.45) is 0 Å². The highest BCUT2D eigenvalue weighted by atomic mass is 19.1. The number of benzene rings is 2. The molecule has 0 aliphatic heterocycles. The Balaban J connectivity index is 2.10. The van der Waals surface area contributed by atoms with Gasteiger partial charge in [-0.2, -0.15) is 5.26 Å². The first-order chi connectivity index (χ1) is 12.5. The molecule has 2 aromatic carbocycles. The molecule has 132 valence electrons. The molecule has 0 aliphatic rings. The number of H-pyrrole nitrogens is 1. The van der Waals surface area contributed by atoms with Gasteiger partial charge >= 0.3 is 0 Å². The van der Waals surface area contributed by atoms with Crippen LogP contribution in [0.2, 0.25) is 0 Å². The van der Waals surface area contributed by atoms with Crippen LogP contribution in [-0.2, 0) is 18.3 Å². The third-order valence-corrected chi connectivity index (χ3v) is 5.07. The minimum Gasteiger partial charge on any atom is -0.322 e. The highest BCUT2D eigenvalue weighted by molar-refractivity contribution is 5.80. The number of aromatic nitrogens is 1. The number of aromatic amines is 1. The van der Waals surface area contributed by atoms with Gasteiger partial charge in [-0.15, -0.1) is 0 Å². The summed E-state index contributed by atoms with van der Waals surface area (Å²) >= 11 is 0. The van der Waals surface area contributed by atoms with E-state index in [0.29, 0.717) is 19.3 Å². The normalized spacial score (nSPS) is 13.3. The minimum absolute atomic E-state index is 0.0960. The molecular formula is C22H21FN2O. The van der Waals surface area contributed by atoms with E-state index in [1.54, 1.807) is 6.07 Å². The molecule has 0 fully saturated rings. The second kappa shape index (κ2) is 7.13. The largest absolute Gasteiger partial charge is 0.322 e. The van der Waals surface area contributed by atoms with Crippen LogP contribution in [-0.4, -0.2) is 4.98 Å². The van der Waals surface area contributed by atoms with Gasteiger partial charge in [0, 0.05) is 11.1 Å². The number of nitriles is 1. The van der Waals surface area contributed by atoms with Crippen LogP contribution in [0.4, 0.5) is 4.39 Å². The average Bonchev–Trinajstić information content (AvgIpc) is 2.65. The van der Waals surface area contributed by atoms with Crippen molar-refractivity contribution in [1.82, 2.24) is 4.98 Å². The van der Waals surface area contributed by atoms with Crippen molar-refractivity contribution in [3.05, 3.63) is 81.4 Å². The first-order valence-electron chi connectivity index (χ1n) is 8.83. The molecule has 0 bridgehead atoms. The Bertz CT molecular complexity index is 1050. The van der Waals surface area contributed by atoms with E-state index in [1.807, 2.05) is 44.2 Å². The van der Waals surface area contributed by atoms with Crippen LogP contribution in [0.5, 0.6) is 0 Å². The summed E-state index contributed by atoms with van der Waals surface area (Å²) in [5, 5.41) is 10.9.